The fourth-order valence-electron chi connectivity index (χ4n) is 1.65. The van der Waals surface area contributed by atoms with Crippen molar-refractivity contribution in [3.05, 3.63) is 41.7 Å². The fourth-order valence-corrected chi connectivity index (χ4v) is 2.85. The average Bonchev–Trinajstić information content (AvgIpc) is 2.85. The molecule has 0 bridgehead atoms. The van der Waals surface area contributed by atoms with Crippen LogP contribution in [0.15, 0.2) is 35.4 Å². The summed E-state index contributed by atoms with van der Waals surface area (Å²) in [5, 5.41) is 8.74. The number of H-pyrrole nitrogens is 1. The number of sulfonamides is 1. The summed E-state index contributed by atoms with van der Waals surface area (Å²) < 4.78 is 26.6. The van der Waals surface area contributed by atoms with E-state index in [1.54, 1.807) is 19.1 Å². The Kier molecular flexibility index (Phi) is 3.75. The summed E-state index contributed by atoms with van der Waals surface area (Å²) in [6.07, 6.45) is 1.25. The zero-order chi connectivity index (χ0) is 14.8. The molecule has 20 heavy (non-hydrogen) atoms. The third kappa shape index (κ3) is 2.80. The molecule has 0 aliphatic carbocycles. The fraction of sp³-hybridized carbons (Fsp3) is 0.167. The van der Waals surface area contributed by atoms with Gasteiger partial charge in [0.05, 0.1) is 11.9 Å². The van der Waals surface area contributed by atoms with E-state index in [9.17, 15) is 13.2 Å². The average molecular weight is 294 g/mol. The second kappa shape index (κ2) is 5.33. The minimum atomic E-state index is -3.68. The van der Waals surface area contributed by atoms with Crippen LogP contribution in [0.4, 0.5) is 5.69 Å². The molecule has 2 rings (SSSR count). The van der Waals surface area contributed by atoms with Gasteiger partial charge in [-0.2, -0.15) is 5.10 Å². The molecule has 0 fully saturated rings. The van der Waals surface area contributed by atoms with E-state index in [2.05, 4.69) is 20.2 Å². The minimum absolute atomic E-state index is 0.0906. The maximum atomic E-state index is 12.1. The van der Waals surface area contributed by atoms with Crippen molar-refractivity contribution in [2.75, 3.05) is 11.8 Å². The number of hydrogen-bond donors (Lipinski definition) is 3. The highest BCUT2D eigenvalue weighted by atomic mass is 32.2. The Morgan fingerprint density at radius 1 is 1.25 bits per heavy atom. The second-order valence-corrected chi connectivity index (χ2v) is 5.77. The topological polar surface area (TPSA) is 104 Å². The molecule has 0 saturated heterocycles. The molecule has 2 aromatic rings. The summed E-state index contributed by atoms with van der Waals surface area (Å²) in [5.74, 6) is -0.231. The van der Waals surface area contributed by atoms with Gasteiger partial charge in [0.1, 0.15) is 4.90 Å². The maximum Gasteiger partial charge on any atom is 0.265 e. The van der Waals surface area contributed by atoms with E-state index in [4.69, 9.17) is 0 Å². The Labute approximate surface area is 116 Å². The van der Waals surface area contributed by atoms with E-state index in [0.29, 0.717) is 16.9 Å². The Balaban J connectivity index is 2.22. The van der Waals surface area contributed by atoms with Gasteiger partial charge in [-0.25, -0.2) is 8.42 Å². The van der Waals surface area contributed by atoms with Crippen LogP contribution >= 0.6 is 0 Å². The molecule has 3 N–H and O–H groups in total. The molecule has 1 aromatic heterocycles. The number of anilines is 1. The van der Waals surface area contributed by atoms with Crippen LogP contribution in [0.25, 0.3) is 0 Å². The first-order valence-electron chi connectivity index (χ1n) is 5.79. The lowest BCUT2D eigenvalue weighted by Gasteiger charge is -2.07. The molecule has 0 radical (unpaired) electrons. The smallest absolute Gasteiger partial charge is 0.265 e. The lowest BCUT2D eigenvalue weighted by Crippen LogP contribution is -2.18. The molecular weight excluding hydrogens is 280 g/mol. The van der Waals surface area contributed by atoms with Gasteiger partial charge in [0.15, 0.2) is 0 Å². The number of benzene rings is 1. The number of rotatable bonds is 4. The molecule has 0 saturated carbocycles. The van der Waals surface area contributed by atoms with Crippen LogP contribution in [0, 0.1) is 6.92 Å². The summed E-state index contributed by atoms with van der Waals surface area (Å²) in [6.45, 7) is 1.62. The van der Waals surface area contributed by atoms with Crippen LogP contribution in [0.3, 0.4) is 0 Å². The van der Waals surface area contributed by atoms with Gasteiger partial charge < -0.3 is 5.32 Å². The highest BCUT2D eigenvalue weighted by Crippen LogP contribution is 2.17. The molecule has 106 valence electrons. The van der Waals surface area contributed by atoms with Gasteiger partial charge in [-0.05, 0) is 31.2 Å². The van der Waals surface area contributed by atoms with Crippen molar-refractivity contribution in [2.45, 2.75) is 11.8 Å². The number of aromatic amines is 1. The quantitative estimate of drug-likeness (QED) is 0.778. The summed E-state index contributed by atoms with van der Waals surface area (Å²) >= 11 is 0. The monoisotopic (exact) mass is 294 g/mol. The van der Waals surface area contributed by atoms with Crippen LogP contribution in [0.5, 0.6) is 0 Å². The van der Waals surface area contributed by atoms with Gasteiger partial charge in [0.25, 0.3) is 15.9 Å². The van der Waals surface area contributed by atoms with Crippen LogP contribution in [0.1, 0.15) is 16.1 Å². The van der Waals surface area contributed by atoms with E-state index >= 15 is 0 Å². The van der Waals surface area contributed by atoms with E-state index in [-0.39, 0.29) is 10.8 Å². The number of aryl methyl sites for hydroxylation is 1. The molecule has 1 amide bonds. The van der Waals surface area contributed by atoms with Gasteiger partial charge in [-0.1, -0.05) is 0 Å². The van der Waals surface area contributed by atoms with Crippen LogP contribution < -0.4 is 10.0 Å². The van der Waals surface area contributed by atoms with Gasteiger partial charge in [0, 0.05) is 18.3 Å². The predicted octanol–water partition coefficient (Wildman–Crippen LogP) is 0.879. The minimum Gasteiger partial charge on any atom is -0.355 e. The molecule has 0 atom stereocenters. The second-order valence-electron chi connectivity index (χ2n) is 4.12. The van der Waals surface area contributed by atoms with Gasteiger partial charge in [0.2, 0.25) is 0 Å². The Hall–Kier alpha value is -2.35. The first kappa shape index (κ1) is 14.1. The molecule has 0 unspecified atom stereocenters. The number of hydrogen-bond acceptors (Lipinski definition) is 4. The first-order chi connectivity index (χ1) is 9.44. The number of aromatic nitrogens is 2. The highest BCUT2D eigenvalue weighted by molar-refractivity contribution is 7.92. The number of carbonyl (C=O) groups is 1. The first-order valence-corrected chi connectivity index (χ1v) is 7.27. The molecule has 0 spiro atoms. The lowest BCUT2D eigenvalue weighted by atomic mass is 10.2. The van der Waals surface area contributed by atoms with Gasteiger partial charge in [-0.15, -0.1) is 0 Å². The van der Waals surface area contributed by atoms with Crippen molar-refractivity contribution < 1.29 is 13.2 Å². The summed E-state index contributed by atoms with van der Waals surface area (Å²) in [4.78, 5) is 11.5. The van der Waals surface area contributed by atoms with E-state index in [1.165, 1.54) is 25.4 Å². The molecular formula is C12H14N4O3S. The SMILES string of the molecule is CNC(=O)c1ccc(NS(=O)(=O)c2cn[nH]c2C)cc1. The van der Waals surface area contributed by atoms with Crippen molar-refractivity contribution in [3.63, 3.8) is 0 Å². The Bertz CT molecular complexity index is 719. The summed E-state index contributed by atoms with van der Waals surface area (Å²) in [5.41, 5.74) is 1.28. The van der Waals surface area contributed by atoms with E-state index in [0.717, 1.165) is 0 Å². The van der Waals surface area contributed by atoms with Crippen LogP contribution in [-0.4, -0.2) is 31.6 Å². The van der Waals surface area contributed by atoms with Gasteiger partial charge >= 0.3 is 0 Å². The highest BCUT2D eigenvalue weighted by Gasteiger charge is 2.18. The van der Waals surface area contributed by atoms with E-state index < -0.39 is 10.0 Å². The number of nitrogens with zero attached hydrogens (tertiary/aromatic N) is 1. The standard InChI is InChI=1S/C12H14N4O3S/c1-8-11(7-14-15-8)20(18,19)16-10-5-3-9(4-6-10)12(17)13-2/h3-7,16H,1-2H3,(H,13,17)(H,14,15). The van der Waals surface area contributed by atoms with Crippen LogP contribution in [0.2, 0.25) is 0 Å². The van der Waals surface area contributed by atoms with Crippen molar-refractivity contribution >= 4 is 21.6 Å². The molecule has 7 nitrogen and oxygen atoms in total. The molecule has 1 aromatic carbocycles. The van der Waals surface area contributed by atoms with Crippen molar-refractivity contribution in [1.82, 2.24) is 15.5 Å². The zero-order valence-corrected chi connectivity index (χ0v) is 11.8. The normalized spacial score (nSPS) is 11.1. The lowest BCUT2D eigenvalue weighted by molar-refractivity contribution is 0.0963. The van der Waals surface area contributed by atoms with Crippen molar-refractivity contribution in [1.29, 1.82) is 0 Å². The van der Waals surface area contributed by atoms with E-state index in [1.807, 2.05) is 0 Å². The molecule has 0 aliphatic heterocycles. The maximum absolute atomic E-state index is 12.1. The molecule has 1 heterocycles. The zero-order valence-electron chi connectivity index (χ0n) is 11.0. The van der Waals surface area contributed by atoms with Crippen LogP contribution in [-0.2, 0) is 10.0 Å². The van der Waals surface area contributed by atoms with Gasteiger partial charge in [-0.3, -0.25) is 14.6 Å². The molecule has 0 aliphatic rings. The third-order valence-corrected chi connectivity index (χ3v) is 4.19. The predicted molar refractivity (Wildman–Crippen MR) is 74.0 cm³/mol. The number of carbonyl (C=O) groups excluding carboxylic acids is 1. The largest absolute Gasteiger partial charge is 0.355 e. The summed E-state index contributed by atoms with van der Waals surface area (Å²) in [7, 11) is -2.16. The van der Waals surface area contributed by atoms with Crippen molar-refractivity contribution in [2.24, 2.45) is 0 Å². The Morgan fingerprint density at radius 2 is 1.90 bits per heavy atom. The number of nitrogens with one attached hydrogen (secondary N) is 3. The number of amides is 1. The molecule has 8 heteroatoms. The summed E-state index contributed by atoms with van der Waals surface area (Å²) in [6, 6.07) is 6.13. The van der Waals surface area contributed by atoms with Crippen molar-refractivity contribution in [3.8, 4) is 0 Å². The third-order valence-electron chi connectivity index (χ3n) is 2.70. The Morgan fingerprint density at radius 3 is 2.40 bits per heavy atom.